The lowest BCUT2D eigenvalue weighted by atomic mass is 10.3. The van der Waals surface area contributed by atoms with Crippen LogP contribution in [-0.4, -0.2) is 19.1 Å². The summed E-state index contributed by atoms with van der Waals surface area (Å²) in [5.41, 5.74) is 6.49. The number of nitrogens with one attached hydrogen (secondary N) is 1. The zero-order valence-corrected chi connectivity index (χ0v) is 9.79. The van der Waals surface area contributed by atoms with Crippen molar-refractivity contribution in [3.8, 4) is 5.75 Å². The molecule has 0 amide bonds. The predicted octanol–water partition coefficient (Wildman–Crippen LogP) is 2.24. The molecule has 1 aliphatic rings. The fourth-order valence-electron chi connectivity index (χ4n) is 1.35. The first-order valence-electron chi connectivity index (χ1n) is 5.13. The Labute approximate surface area is 99.5 Å². The molecule has 0 aromatic heterocycles. The molecule has 86 valence electrons. The maximum atomic E-state index is 5.90. The third-order valence-electron chi connectivity index (χ3n) is 2.29. The number of nitrogens with zero attached hydrogens (tertiary/aromatic N) is 1. The first-order valence-corrected chi connectivity index (χ1v) is 5.50. The van der Waals surface area contributed by atoms with Crippen LogP contribution >= 0.6 is 11.6 Å². The van der Waals surface area contributed by atoms with E-state index in [0.717, 1.165) is 18.5 Å². The van der Waals surface area contributed by atoms with E-state index in [2.05, 4.69) is 10.3 Å². The highest BCUT2D eigenvalue weighted by atomic mass is 35.5. The number of benzene rings is 1. The van der Waals surface area contributed by atoms with Crippen LogP contribution in [0.3, 0.4) is 0 Å². The molecule has 0 radical (unpaired) electrons. The van der Waals surface area contributed by atoms with Gasteiger partial charge in [0.25, 0.3) is 0 Å². The zero-order chi connectivity index (χ0) is 11.5. The van der Waals surface area contributed by atoms with Crippen LogP contribution in [0, 0.1) is 0 Å². The van der Waals surface area contributed by atoms with Gasteiger partial charge in [-0.05, 0) is 31.0 Å². The van der Waals surface area contributed by atoms with Crippen molar-refractivity contribution in [1.82, 2.24) is 0 Å². The number of ether oxygens (including phenoxy) is 1. The lowest BCUT2D eigenvalue weighted by Gasteiger charge is -2.10. The Bertz CT molecular complexity index is 416. The molecule has 0 heterocycles. The van der Waals surface area contributed by atoms with Gasteiger partial charge in [-0.1, -0.05) is 11.6 Å². The summed E-state index contributed by atoms with van der Waals surface area (Å²) in [4.78, 5) is 4.27. The molecule has 1 saturated carbocycles. The van der Waals surface area contributed by atoms with Crippen molar-refractivity contribution in [3.05, 3.63) is 23.2 Å². The minimum absolute atomic E-state index is 0.387. The molecule has 4 nitrogen and oxygen atoms in total. The van der Waals surface area contributed by atoms with Gasteiger partial charge < -0.3 is 15.8 Å². The third kappa shape index (κ3) is 2.79. The monoisotopic (exact) mass is 239 g/mol. The van der Waals surface area contributed by atoms with E-state index in [4.69, 9.17) is 22.1 Å². The number of rotatable bonds is 3. The van der Waals surface area contributed by atoms with Crippen molar-refractivity contribution in [1.29, 1.82) is 0 Å². The van der Waals surface area contributed by atoms with Gasteiger partial charge in [0, 0.05) is 5.02 Å². The highest BCUT2D eigenvalue weighted by molar-refractivity contribution is 6.31. The molecule has 1 aromatic carbocycles. The molecule has 16 heavy (non-hydrogen) atoms. The highest BCUT2D eigenvalue weighted by Gasteiger charge is 2.20. The van der Waals surface area contributed by atoms with Gasteiger partial charge >= 0.3 is 0 Å². The fourth-order valence-corrected chi connectivity index (χ4v) is 1.52. The smallest absolute Gasteiger partial charge is 0.193 e. The molecule has 2 rings (SSSR count). The van der Waals surface area contributed by atoms with E-state index in [9.17, 15) is 0 Å². The lowest BCUT2D eigenvalue weighted by molar-refractivity contribution is 0.417. The van der Waals surface area contributed by atoms with Gasteiger partial charge in [0.2, 0.25) is 0 Å². The SMILES string of the molecule is COc1ccc(Cl)cc1NC(N)=NC1CC1. The van der Waals surface area contributed by atoms with Crippen LogP contribution in [0.5, 0.6) is 5.75 Å². The molecular formula is C11H14ClN3O. The van der Waals surface area contributed by atoms with E-state index in [1.165, 1.54) is 0 Å². The minimum atomic E-state index is 0.387. The largest absolute Gasteiger partial charge is 0.495 e. The lowest BCUT2D eigenvalue weighted by Crippen LogP contribution is -2.23. The van der Waals surface area contributed by atoms with E-state index in [1.807, 2.05) is 0 Å². The maximum absolute atomic E-state index is 5.90. The molecule has 1 aliphatic carbocycles. The standard InChI is InChI=1S/C11H14ClN3O/c1-16-10-5-2-7(12)6-9(10)15-11(13)14-8-3-4-8/h2,5-6,8H,3-4H2,1H3,(H3,13,14,15). The summed E-state index contributed by atoms with van der Waals surface area (Å²) in [6, 6.07) is 5.70. The summed E-state index contributed by atoms with van der Waals surface area (Å²) < 4.78 is 5.19. The van der Waals surface area contributed by atoms with Gasteiger partial charge in [0.15, 0.2) is 5.96 Å². The molecule has 0 saturated heterocycles. The molecule has 0 spiro atoms. The van der Waals surface area contributed by atoms with Crippen LogP contribution in [-0.2, 0) is 0 Å². The molecule has 0 atom stereocenters. The molecule has 0 bridgehead atoms. The van der Waals surface area contributed by atoms with Crippen molar-refractivity contribution in [2.75, 3.05) is 12.4 Å². The summed E-state index contributed by atoms with van der Waals surface area (Å²) in [5, 5.41) is 3.62. The molecule has 1 aromatic rings. The molecule has 3 N–H and O–H groups in total. The van der Waals surface area contributed by atoms with Crippen molar-refractivity contribution < 1.29 is 4.74 Å². The number of methoxy groups -OCH3 is 1. The second-order valence-corrected chi connectivity index (χ2v) is 4.15. The van der Waals surface area contributed by atoms with Crippen molar-refractivity contribution >= 4 is 23.2 Å². The van der Waals surface area contributed by atoms with Crippen LogP contribution in [0.1, 0.15) is 12.8 Å². The summed E-state index contributed by atoms with van der Waals surface area (Å²) in [5.74, 6) is 1.10. The molecule has 5 heteroatoms. The third-order valence-corrected chi connectivity index (χ3v) is 2.53. The van der Waals surface area contributed by atoms with Crippen LogP contribution in [0.15, 0.2) is 23.2 Å². The van der Waals surface area contributed by atoms with E-state index in [1.54, 1.807) is 25.3 Å². The Morgan fingerprint density at radius 3 is 2.94 bits per heavy atom. The Kier molecular flexibility index (Phi) is 3.19. The predicted molar refractivity (Wildman–Crippen MR) is 66.3 cm³/mol. The Morgan fingerprint density at radius 1 is 1.56 bits per heavy atom. The Morgan fingerprint density at radius 2 is 2.31 bits per heavy atom. The fraction of sp³-hybridized carbons (Fsp3) is 0.364. The van der Waals surface area contributed by atoms with Crippen LogP contribution in [0.2, 0.25) is 5.02 Å². The number of aliphatic imine (C=N–C) groups is 1. The van der Waals surface area contributed by atoms with Gasteiger partial charge in [0.05, 0.1) is 18.8 Å². The summed E-state index contributed by atoms with van der Waals surface area (Å²) in [7, 11) is 1.60. The molecule has 0 aliphatic heterocycles. The number of hydrogen-bond acceptors (Lipinski definition) is 2. The average molecular weight is 240 g/mol. The highest BCUT2D eigenvalue weighted by Crippen LogP contribution is 2.28. The quantitative estimate of drug-likeness (QED) is 0.628. The van der Waals surface area contributed by atoms with Crippen LogP contribution in [0.25, 0.3) is 0 Å². The Balaban J connectivity index is 2.15. The molecule has 0 unspecified atom stereocenters. The van der Waals surface area contributed by atoms with E-state index < -0.39 is 0 Å². The molecular weight excluding hydrogens is 226 g/mol. The van der Waals surface area contributed by atoms with E-state index in [-0.39, 0.29) is 0 Å². The number of hydrogen-bond donors (Lipinski definition) is 2. The zero-order valence-electron chi connectivity index (χ0n) is 9.03. The summed E-state index contributed by atoms with van der Waals surface area (Å²) in [6.45, 7) is 0. The Hall–Kier alpha value is -1.42. The summed E-state index contributed by atoms with van der Waals surface area (Å²) in [6.07, 6.45) is 2.24. The number of nitrogens with two attached hydrogens (primary N) is 1. The van der Waals surface area contributed by atoms with Crippen molar-refractivity contribution in [3.63, 3.8) is 0 Å². The van der Waals surface area contributed by atoms with Gasteiger partial charge in [-0.3, -0.25) is 0 Å². The topological polar surface area (TPSA) is 59.6 Å². The van der Waals surface area contributed by atoms with Gasteiger partial charge in [-0.25, -0.2) is 4.99 Å². The summed E-state index contributed by atoms with van der Waals surface area (Å²) >= 11 is 5.90. The first-order chi connectivity index (χ1) is 7.69. The van der Waals surface area contributed by atoms with Crippen LogP contribution in [0.4, 0.5) is 5.69 Å². The van der Waals surface area contributed by atoms with E-state index >= 15 is 0 Å². The van der Waals surface area contributed by atoms with Crippen molar-refractivity contribution in [2.24, 2.45) is 10.7 Å². The maximum Gasteiger partial charge on any atom is 0.193 e. The number of guanidine groups is 1. The van der Waals surface area contributed by atoms with Crippen molar-refractivity contribution in [2.45, 2.75) is 18.9 Å². The normalized spacial score (nSPS) is 16.0. The minimum Gasteiger partial charge on any atom is -0.495 e. The first kappa shape index (κ1) is 11.1. The van der Waals surface area contributed by atoms with Gasteiger partial charge in [-0.15, -0.1) is 0 Å². The van der Waals surface area contributed by atoms with Gasteiger partial charge in [-0.2, -0.15) is 0 Å². The van der Waals surface area contributed by atoms with E-state index in [0.29, 0.717) is 22.8 Å². The second-order valence-electron chi connectivity index (χ2n) is 3.72. The second kappa shape index (κ2) is 4.61. The molecule has 1 fully saturated rings. The number of halogens is 1. The number of anilines is 1. The van der Waals surface area contributed by atoms with Gasteiger partial charge in [0.1, 0.15) is 5.75 Å². The van der Waals surface area contributed by atoms with Crippen LogP contribution < -0.4 is 15.8 Å². The average Bonchev–Trinajstić information content (AvgIpc) is 3.02.